The molecule has 14 heavy (non-hydrogen) atoms. The molecular formula is C9H7FO4. The van der Waals surface area contributed by atoms with E-state index in [4.69, 9.17) is 5.11 Å². The quantitative estimate of drug-likeness (QED) is 0.435. The summed E-state index contributed by atoms with van der Waals surface area (Å²) in [7, 11) is 1.05. The van der Waals surface area contributed by atoms with Crippen LogP contribution in [0.4, 0.5) is 4.39 Å². The van der Waals surface area contributed by atoms with Gasteiger partial charge in [0.1, 0.15) is 0 Å². The van der Waals surface area contributed by atoms with Crippen LogP contribution in [0.5, 0.6) is 5.75 Å². The lowest BCUT2D eigenvalue weighted by Crippen LogP contribution is -2.15. The topological polar surface area (TPSA) is 63.6 Å². The molecule has 0 spiro atoms. The van der Waals surface area contributed by atoms with Gasteiger partial charge in [-0.3, -0.25) is 4.79 Å². The van der Waals surface area contributed by atoms with Crippen molar-refractivity contribution in [3.8, 4) is 5.75 Å². The molecule has 1 aromatic rings. The molecule has 0 aliphatic rings. The minimum Gasteiger partial charge on any atom is -0.505 e. The standard InChI is InChI=1S/C9H7FO4/c1-14-9(13)8(12)5-2-3-7(11)6(10)4-5/h2-4,11H,1H3. The number of phenolic OH excluding ortho intramolecular Hbond substituents is 1. The SMILES string of the molecule is COC(=O)C(=O)c1ccc(O)c(F)c1. The fourth-order valence-corrected chi connectivity index (χ4v) is 0.859. The summed E-state index contributed by atoms with van der Waals surface area (Å²) >= 11 is 0. The van der Waals surface area contributed by atoms with Crippen LogP contribution >= 0.6 is 0 Å². The Hall–Kier alpha value is -1.91. The summed E-state index contributed by atoms with van der Waals surface area (Å²) in [5.41, 5.74) is -0.160. The second-order valence-corrected chi connectivity index (χ2v) is 2.49. The molecule has 0 aliphatic carbocycles. The number of benzene rings is 1. The van der Waals surface area contributed by atoms with Crippen LogP contribution in [0.3, 0.4) is 0 Å². The Kier molecular flexibility index (Phi) is 2.81. The first-order valence-corrected chi connectivity index (χ1v) is 3.67. The predicted molar refractivity (Wildman–Crippen MR) is 44.4 cm³/mol. The van der Waals surface area contributed by atoms with Gasteiger partial charge in [-0.25, -0.2) is 9.18 Å². The zero-order valence-electron chi connectivity index (χ0n) is 7.28. The summed E-state index contributed by atoms with van der Waals surface area (Å²) in [5.74, 6) is -3.56. The van der Waals surface area contributed by atoms with Gasteiger partial charge in [0.15, 0.2) is 11.6 Å². The highest BCUT2D eigenvalue weighted by Gasteiger charge is 2.17. The normalized spacial score (nSPS) is 9.57. The largest absolute Gasteiger partial charge is 0.505 e. The number of ketones is 1. The lowest BCUT2D eigenvalue weighted by Gasteiger charge is -1.99. The Morgan fingerprint density at radius 2 is 2.07 bits per heavy atom. The Morgan fingerprint density at radius 3 is 2.57 bits per heavy atom. The summed E-state index contributed by atoms with van der Waals surface area (Å²) in [5, 5.41) is 8.82. The first-order chi connectivity index (χ1) is 6.56. The first kappa shape index (κ1) is 10.2. The van der Waals surface area contributed by atoms with Gasteiger partial charge >= 0.3 is 5.97 Å². The van der Waals surface area contributed by atoms with Crippen molar-refractivity contribution in [2.45, 2.75) is 0 Å². The van der Waals surface area contributed by atoms with Crippen LogP contribution in [0.15, 0.2) is 18.2 Å². The Labute approximate surface area is 78.9 Å². The van der Waals surface area contributed by atoms with E-state index in [9.17, 15) is 14.0 Å². The molecule has 4 nitrogen and oxygen atoms in total. The Balaban J connectivity index is 3.03. The summed E-state index contributed by atoms with van der Waals surface area (Å²) < 4.78 is 16.9. The number of ether oxygens (including phenoxy) is 1. The van der Waals surface area contributed by atoms with Gasteiger partial charge in [0.2, 0.25) is 0 Å². The fraction of sp³-hybridized carbons (Fsp3) is 0.111. The van der Waals surface area contributed by atoms with Gasteiger partial charge in [0.05, 0.1) is 7.11 Å². The maximum atomic E-state index is 12.8. The van der Waals surface area contributed by atoms with Crippen molar-refractivity contribution in [1.29, 1.82) is 0 Å². The molecule has 0 aromatic heterocycles. The second kappa shape index (κ2) is 3.87. The van der Waals surface area contributed by atoms with Gasteiger partial charge in [0.25, 0.3) is 5.78 Å². The van der Waals surface area contributed by atoms with Crippen molar-refractivity contribution in [3.05, 3.63) is 29.6 Å². The van der Waals surface area contributed by atoms with Crippen molar-refractivity contribution >= 4 is 11.8 Å². The number of Topliss-reactive ketones (excluding diaryl/α,β-unsaturated/α-hetero) is 1. The van der Waals surface area contributed by atoms with E-state index < -0.39 is 23.3 Å². The number of hydrogen-bond donors (Lipinski definition) is 1. The van der Waals surface area contributed by atoms with E-state index in [2.05, 4.69) is 4.74 Å². The molecular weight excluding hydrogens is 191 g/mol. The van der Waals surface area contributed by atoms with E-state index in [1.807, 2.05) is 0 Å². The molecule has 0 saturated carbocycles. The third kappa shape index (κ3) is 1.87. The van der Waals surface area contributed by atoms with Crippen molar-refractivity contribution in [2.24, 2.45) is 0 Å². The second-order valence-electron chi connectivity index (χ2n) is 2.49. The number of phenols is 1. The molecule has 0 heterocycles. The van der Waals surface area contributed by atoms with E-state index in [-0.39, 0.29) is 5.56 Å². The molecule has 0 aliphatic heterocycles. The Morgan fingerprint density at radius 1 is 1.43 bits per heavy atom. The molecule has 1 rings (SSSR count). The molecule has 0 unspecified atom stereocenters. The molecule has 0 amide bonds. The average Bonchev–Trinajstić information content (AvgIpc) is 2.20. The zero-order valence-corrected chi connectivity index (χ0v) is 7.28. The molecule has 0 radical (unpaired) electrons. The number of carbonyl (C=O) groups is 2. The number of carbonyl (C=O) groups excluding carboxylic acids is 2. The van der Waals surface area contributed by atoms with Crippen LogP contribution in [-0.2, 0) is 9.53 Å². The summed E-state index contributed by atoms with van der Waals surface area (Å²) in [6.45, 7) is 0. The molecule has 1 aromatic carbocycles. The van der Waals surface area contributed by atoms with E-state index in [0.29, 0.717) is 0 Å². The van der Waals surface area contributed by atoms with Crippen LogP contribution in [-0.4, -0.2) is 24.0 Å². The van der Waals surface area contributed by atoms with Crippen molar-refractivity contribution in [2.75, 3.05) is 7.11 Å². The number of hydrogen-bond acceptors (Lipinski definition) is 4. The highest BCUT2D eigenvalue weighted by Crippen LogP contribution is 2.16. The van der Waals surface area contributed by atoms with E-state index in [1.165, 1.54) is 0 Å². The molecule has 1 N–H and O–H groups in total. The molecule has 0 atom stereocenters. The van der Waals surface area contributed by atoms with E-state index in [0.717, 1.165) is 25.3 Å². The fourth-order valence-electron chi connectivity index (χ4n) is 0.859. The average molecular weight is 198 g/mol. The van der Waals surface area contributed by atoms with Crippen molar-refractivity contribution < 1.29 is 23.8 Å². The molecule has 5 heteroatoms. The number of esters is 1. The van der Waals surface area contributed by atoms with Crippen LogP contribution < -0.4 is 0 Å². The maximum Gasteiger partial charge on any atom is 0.379 e. The predicted octanol–water partition coefficient (Wildman–Crippen LogP) is 0.887. The Bertz CT molecular complexity index is 386. The minimum atomic E-state index is -1.07. The van der Waals surface area contributed by atoms with E-state index in [1.54, 1.807) is 0 Å². The van der Waals surface area contributed by atoms with Gasteiger partial charge in [-0.15, -0.1) is 0 Å². The lowest BCUT2D eigenvalue weighted by molar-refractivity contribution is -0.135. The van der Waals surface area contributed by atoms with Crippen LogP contribution in [0, 0.1) is 5.82 Å². The maximum absolute atomic E-state index is 12.8. The first-order valence-electron chi connectivity index (χ1n) is 3.67. The van der Waals surface area contributed by atoms with Gasteiger partial charge in [0, 0.05) is 5.56 Å². The molecule has 0 fully saturated rings. The summed E-state index contributed by atoms with van der Waals surface area (Å²) in [6, 6.07) is 2.90. The number of aromatic hydroxyl groups is 1. The highest BCUT2D eigenvalue weighted by atomic mass is 19.1. The lowest BCUT2D eigenvalue weighted by atomic mass is 10.1. The molecule has 0 saturated heterocycles. The smallest absolute Gasteiger partial charge is 0.379 e. The minimum absolute atomic E-state index is 0.160. The number of methoxy groups -OCH3 is 1. The number of rotatable bonds is 2. The van der Waals surface area contributed by atoms with E-state index >= 15 is 0 Å². The van der Waals surface area contributed by atoms with Gasteiger partial charge in [-0.05, 0) is 18.2 Å². The monoisotopic (exact) mass is 198 g/mol. The highest BCUT2D eigenvalue weighted by molar-refractivity contribution is 6.40. The van der Waals surface area contributed by atoms with Crippen LogP contribution in [0.2, 0.25) is 0 Å². The van der Waals surface area contributed by atoms with Gasteiger partial charge in [-0.1, -0.05) is 0 Å². The number of halogens is 1. The van der Waals surface area contributed by atoms with Crippen LogP contribution in [0.1, 0.15) is 10.4 Å². The molecule has 74 valence electrons. The van der Waals surface area contributed by atoms with Gasteiger partial charge < -0.3 is 9.84 Å². The summed E-state index contributed by atoms with van der Waals surface area (Å²) in [4.78, 5) is 21.9. The van der Waals surface area contributed by atoms with Crippen LogP contribution in [0.25, 0.3) is 0 Å². The molecule has 0 bridgehead atoms. The van der Waals surface area contributed by atoms with Gasteiger partial charge in [-0.2, -0.15) is 0 Å². The third-order valence-corrected chi connectivity index (χ3v) is 1.58. The van der Waals surface area contributed by atoms with Crippen molar-refractivity contribution in [3.63, 3.8) is 0 Å². The van der Waals surface area contributed by atoms with Crippen molar-refractivity contribution in [1.82, 2.24) is 0 Å². The summed E-state index contributed by atoms with van der Waals surface area (Å²) in [6.07, 6.45) is 0. The zero-order chi connectivity index (χ0) is 10.7. The third-order valence-electron chi connectivity index (χ3n) is 1.58.